The van der Waals surface area contributed by atoms with Crippen molar-refractivity contribution in [3.63, 3.8) is 0 Å². The van der Waals surface area contributed by atoms with E-state index >= 15 is 0 Å². The lowest BCUT2D eigenvalue weighted by atomic mass is 10.1. The molecule has 0 spiro atoms. The number of ether oxygens (including phenoxy) is 1. The van der Waals surface area contributed by atoms with Gasteiger partial charge in [0, 0.05) is 32.7 Å². The molecule has 24 heavy (non-hydrogen) atoms. The monoisotopic (exact) mass is 337 g/mol. The Labute approximate surface area is 142 Å². The molecule has 1 aromatic heterocycles. The molecule has 0 atom stereocenters. The first kappa shape index (κ1) is 18.0. The van der Waals surface area contributed by atoms with Crippen molar-refractivity contribution < 1.29 is 9.53 Å². The third kappa shape index (κ3) is 5.10. The number of hydrogen-bond acceptors (Lipinski definition) is 5. The predicted molar refractivity (Wildman–Crippen MR) is 90.6 cm³/mol. The van der Waals surface area contributed by atoms with Gasteiger partial charge >= 0.3 is 6.09 Å². The fraction of sp³-hybridized carbons (Fsp3) is 0.733. The van der Waals surface area contributed by atoms with Crippen LogP contribution in [0.5, 0.6) is 0 Å². The number of hydrogen-bond donors (Lipinski definition) is 2. The molecule has 0 aromatic carbocycles. The molecule has 1 fully saturated rings. The summed E-state index contributed by atoms with van der Waals surface area (Å²) in [6, 6.07) is 0.285. The molecular formula is C15H27N7O2. The van der Waals surface area contributed by atoms with Gasteiger partial charge in [0.05, 0.1) is 6.61 Å². The van der Waals surface area contributed by atoms with Crippen LogP contribution in [0.2, 0.25) is 0 Å². The van der Waals surface area contributed by atoms with Crippen molar-refractivity contribution in [2.45, 2.75) is 39.3 Å². The lowest BCUT2D eigenvalue weighted by molar-refractivity contribution is 0.0963. The molecule has 1 aromatic rings. The van der Waals surface area contributed by atoms with Crippen molar-refractivity contribution in [3.8, 4) is 0 Å². The maximum Gasteiger partial charge on any atom is 0.409 e. The van der Waals surface area contributed by atoms with Gasteiger partial charge in [-0.1, -0.05) is 0 Å². The molecule has 0 bridgehead atoms. The molecule has 2 rings (SSSR count). The highest BCUT2D eigenvalue weighted by Crippen LogP contribution is 2.11. The van der Waals surface area contributed by atoms with Crippen molar-refractivity contribution in [1.29, 1.82) is 0 Å². The Bertz CT molecular complexity index is 550. The van der Waals surface area contributed by atoms with Gasteiger partial charge in [0.1, 0.15) is 12.9 Å². The maximum atomic E-state index is 11.7. The standard InChI is InChI=1S/C15H27N7O2/c1-4-16-14(17-10-13-20-18-11-21(13)3)19-12-6-8-22(9-7-12)15(23)24-5-2/h11-12H,4-10H2,1-3H3,(H2,16,17,19). The Balaban J connectivity index is 1.85. The second kappa shape index (κ2) is 9.09. The maximum absolute atomic E-state index is 11.7. The first-order valence-electron chi connectivity index (χ1n) is 8.43. The molecule has 1 saturated heterocycles. The summed E-state index contributed by atoms with van der Waals surface area (Å²) >= 11 is 0. The molecule has 0 aliphatic carbocycles. The van der Waals surface area contributed by atoms with E-state index in [2.05, 4.69) is 25.8 Å². The molecule has 0 saturated carbocycles. The third-order valence-electron chi connectivity index (χ3n) is 3.89. The minimum atomic E-state index is -0.223. The van der Waals surface area contributed by atoms with Crippen molar-refractivity contribution in [2.24, 2.45) is 12.0 Å². The molecule has 2 N–H and O–H groups in total. The largest absolute Gasteiger partial charge is 0.450 e. The Hall–Kier alpha value is -2.32. The van der Waals surface area contributed by atoms with E-state index in [4.69, 9.17) is 4.74 Å². The smallest absolute Gasteiger partial charge is 0.409 e. The van der Waals surface area contributed by atoms with Crippen LogP contribution in [0.25, 0.3) is 0 Å². The van der Waals surface area contributed by atoms with E-state index in [0.717, 1.165) is 31.2 Å². The summed E-state index contributed by atoms with van der Waals surface area (Å²) in [5.41, 5.74) is 0. The van der Waals surface area contributed by atoms with E-state index in [1.54, 1.807) is 11.2 Å². The highest BCUT2D eigenvalue weighted by atomic mass is 16.6. The van der Waals surface area contributed by atoms with Crippen LogP contribution in [0.3, 0.4) is 0 Å². The van der Waals surface area contributed by atoms with Crippen LogP contribution in [0.1, 0.15) is 32.5 Å². The molecule has 1 aliphatic rings. The van der Waals surface area contributed by atoms with E-state index in [-0.39, 0.29) is 12.1 Å². The number of amides is 1. The number of aromatic nitrogens is 3. The fourth-order valence-corrected chi connectivity index (χ4v) is 2.53. The number of nitrogens with zero attached hydrogens (tertiary/aromatic N) is 5. The van der Waals surface area contributed by atoms with Crippen LogP contribution >= 0.6 is 0 Å². The van der Waals surface area contributed by atoms with Crippen LogP contribution in [0.4, 0.5) is 4.79 Å². The van der Waals surface area contributed by atoms with Gasteiger partial charge < -0.3 is 24.8 Å². The topological polar surface area (TPSA) is 96.7 Å². The quantitative estimate of drug-likeness (QED) is 0.600. The summed E-state index contributed by atoms with van der Waals surface area (Å²) < 4.78 is 6.89. The number of aryl methyl sites for hydroxylation is 1. The summed E-state index contributed by atoms with van der Waals surface area (Å²) in [6.45, 7) is 6.90. The molecule has 0 unspecified atom stereocenters. The Kier molecular flexibility index (Phi) is 6.83. The number of piperidine rings is 1. The lowest BCUT2D eigenvalue weighted by Crippen LogP contribution is -2.49. The SMILES string of the molecule is CCNC(=NCc1nncn1C)NC1CCN(C(=O)OCC)CC1. The normalized spacial score (nSPS) is 16.1. The zero-order valence-electron chi connectivity index (χ0n) is 14.7. The van der Waals surface area contributed by atoms with E-state index in [9.17, 15) is 4.79 Å². The Morgan fingerprint density at radius 3 is 2.75 bits per heavy atom. The van der Waals surface area contributed by atoms with Crippen molar-refractivity contribution in [3.05, 3.63) is 12.2 Å². The summed E-state index contributed by atoms with van der Waals surface area (Å²) in [5.74, 6) is 1.57. The van der Waals surface area contributed by atoms with Crippen LogP contribution in [-0.2, 0) is 18.3 Å². The van der Waals surface area contributed by atoms with Gasteiger partial charge in [-0.05, 0) is 26.7 Å². The molecule has 9 heteroatoms. The number of guanidine groups is 1. The fourth-order valence-electron chi connectivity index (χ4n) is 2.53. The van der Waals surface area contributed by atoms with Crippen LogP contribution < -0.4 is 10.6 Å². The summed E-state index contributed by atoms with van der Waals surface area (Å²) in [4.78, 5) is 18.0. The number of likely N-dealkylation sites (tertiary alicyclic amines) is 1. The second-order valence-electron chi connectivity index (χ2n) is 5.66. The number of nitrogens with one attached hydrogen (secondary N) is 2. The molecule has 9 nitrogen and oxygen atoms in total. The van der Waals surface area contributed by atoms with Crippen LogP contribution in [0.15, 0.2) is 11.3 Å². The zero-order chi connectivity index (χ0) is 17.4. The zero-order valence-corrected chi connectivity index (χ0v) is 14.7. The predicted octanol–water partition coefficient (Wildman–Crippen LogP) is 0.491. The first-order chi connectivity index (χ1) is 11.6. The molecular weight excluding hydrogens is 310 g/mol. The molecule has 1 aliphatic heterocycles. The van der Waals surface area contributed by atoms with Gasteiger partial charge in [0.2, 0.25) is 0 Å². The van der Waals surface area contributed by atoms with Crippen molar-refractivity contribution >= 4 is 12.1 Å². The summed E-state index contributed by atoms with van der Waals surface area (Å²) in [5, 5.41) is 14.6. The number of aliphatic imine (C=N–C) groups is 1. The van der Waals surface area contributed by atoms with E-state index in [0.29, 0.717) is 26.2 Å². The minimum absolute atomic E-state index is 0.223. The van der Waals surface area contributed by atoms with Gasteiger partial charge in [0.15, 0.2) is 11.8 Å². The molecule has 134 valence electrons. The molecule has 1 amide bonds. The van der Waals surface area contributed by atoms with Gasteiger partial charge in [-0.2, -0.15) is 0 Å². The number of rotatable bonds is 5. The summed E-state index contributed by atoms with van der Waals surface area (Å²) in [6.07, 6.45) is 3.18. The number of carbonyl (C=O) groups excluding carboxylic acids is 1. The van der Waals surface area contributed by atoms with Gasteiger partial charge in [-0.15, -0.1) is 10.2 Å². The van der Waals surface area contributed by atoms with Gasteiger partial charge in [-0.25, -0.2) is 9.79 Å². The number of carbonyl (C=O) groups is 1. The summed E-state index contributed by atoms with van der Waals surface area (Å²) in [7, 11) is 1.90. The van der Waals surface area contributed by atoms with Crippen LogP contribution in [0, 0.1) is 0 Å². The lowest BCUT2D eigenvalue weighted by Gasteiger charge is -2.32. The van der Waals surface area contributed by atoms with Crippen molar-refractivity contribution in [2.75, 3.05) is 26.2 Å². The molecule has 0 radical (unpaired) electrons. The van der Waals surface area contributed by atoms with E-state index in [1.807, 2.05) is 25.5 Å². The molecule has 2 heterocycles. The van der Waals surface area contributed by atoms with Gasteiger partial charge in [-0.3, -0.25) is 0 Å². The average Bonchev–Trinajstić information content (AvgIpc) is 2.99. The average molecular weight is 337 g/mol. The second-order valence-corrected chi connectivity index (χ2v) is 5.66. The highest BCUT2D eigenvalue weighted by molar-refractivity contribution is 5.80. The Morgan fingerprint density at radius 1 is 1.42 bits per heavy atom. The Morgan fingerprint density at radius 2 is 2.17 bits per heavy atom. The van der Waals surface area contributed by atoms with Gasteiger partial charge in [0.25, 0.3) is 0 Å². The van der Waals surface area contributed by atoms with E-state index in [1.165, 1.54) is 0 Å². The highest BCUT2D eigenvalue weighted by Gasteiger charge is 2.24. The van der Waals surface area contributed by atoms with Crippen molar-refractivity contribution in [1.82, 2.24) is 30.3 Å². The van der Waals surface area contributed by atoms with E-state index < -0.39 is 0 Å². The minimum Gasteiger partial charge on any atom is -0.450 e. The first-order valence-corrected chi connectivity index (χ1v) is 8.43. The van der Waals surface area contributed by atoms with Crippen LogP contribution in [-0.4, -0.2) is 64.0 Å². The third-order valence-corrected chi connectivity index (χ3v) is 3.89.